The molecule has 2 unspecified atom stereocenters. The van der Waals surface area contributed by atoms with Crippen molar-refractivity contribution in [3.05, 3.63) is 64.2 Å². The number of carbonyl (C=O) groups is 1. The van der Waals surface area contributed by atoms with Crippen molar-refractivity contribution < 1.29 is 14.5 Å². The predicted molar refractivity (Wildman–Crippen MR) is 107 cm³/mol. The van der Waals surface area contributed by atoms with Crippen molar-refractivity contribution in [3.63, 3.8) is 0 Å². The Labute approximate surface area is 165 Å². The van der Waals surface area contributed by atoms with Crippen LogP contribution in [0.4, 0.5) is 5.13 Å². The van der Waals surface area contributed by atoms with E-state index in [9.17, 15) is 14.9 Å². The summed E-state index contributed by atoms with van der Waals surface area (Å²) >= 11 is 1.39. The molecule has 1 saturated carbocycles. The first-order valence-electron chi connectivity index (χ1n) is 9.09. The normalized spacial score (nSPS) is 18.0. The van der Waals surface area contributed by atoms with E-state index in [0.717, 1.165) is 21.5 Å². The molecule has 1 aromatic heterocycles. The summed E-state index contributed by atoms with van der Waals surface area (Å²) in [6.45, 7) is 2.82. The molecule has 0 spiro atoms. The number of amides is 1. The van der Waals surface area contributed by atoms with Gasteiger partial charge in [-0.05, 0) is 30.7 Å². The van der Waals surface area contributed by atoms with Gasteiger partial charge < -0.3 is 4.74 Å². The Morgan fingerprint density at radius 1 is 1.32 bits per heavy atom. The first-order chi connectivity index (χ1) is 13.6. The smallest absolute Gasteiger partial charge is 0.239 e. The Kier molecular flexibility index (Phi) is 4.95. The molecule has 0 radical (unpaired) electrons. The highest BCUT2D eigenvalue weighted by Crippen LogP contribution is 2.39. The van der Waals surface area contributed by atoms with E-state index in [0.29, 0.717) is 18.3 Å². The highest BCUT2D eigenvalue weighted by Gasteiger charge is 2.55. The van der Waals surface area contributed by atoms with Gasteiger partial charge in [0.05, 0.1) is 23.4 Å². The summed E-state index contributed by atoms with van der Waals surface area (Å²) in [6.07, 6.45) is 0.288. The van der Waals surface area contributed by atoms with Crippen molar-refractivity contribution >= 4 is 32.6 Å². The standard InChI is InChI=1S/C20H19N3O4S/c1-2-27-14-8-9-16-18(10-14)28-20(21-16)22(12-13-6-4-3-5-7-13)19(24)15-11-17(15)23(25)26/h3-10,15,17H,2,11-12H2,1H3. The number of hydrogen-bond acceptors (Lipinski definition) is 6. The zero-order chi connectivity index (χ0) is 19.7. The van der Waals surface area contributed by atoms with Crippen LogP contribution in [0.2, 0.25) is 0 Å². The molecule has 1 amide bonds. The average molecular weight is 397 g/mol. The SMILES string of the molecule is CCOc1ccc2nc(N(Cc3ccccc3)C(=O)C3CC3[N+](=O)[O-])sc2c1. The third-order valence-corrected chi connectivity index (χ3v) is 5.73. The van der Waals surface area contributed by atoms with Crippen LogP contribution in [0.15, 0.2) is 48.5 Å². The van der Waals surface area contributed by atoms with E-state index in [4.69, 9.17) is 4.74 Å². The molecular formula is C20H19N3O4S. The first-order valence-corrected chi connectivity index (χ1v) is 9.90. The molecule has 0 saturated heterocycles. The summed E-state index contributed by atoms with van der Waals surface area (Å²) in [7, 11) is 0. The van der Waals surface area contributed by atoms with Gasteiger partial charge in [-0.25, -0.2) is 4.98 Å². The molecule has 3 aromatic rings. The van der Waals surface area contributed by atoms with Crippen molar-refractivity contribution in [2.45, 2.75) is 25.9 Å². The average Bonchev–Trinajstić information content (AvgIpc) is 3.40. The van der Waals surface area contributed by atoms with E-state index >= 15 is 0 Å². The van der Waals surface area contributed by atoms with Gasteiger partial charge in [0.25, 0.3) is 0 Å². The largest absolute Gasteiger partial charge is 0.494 e. The van der Waals surface area contributed by atoms with Gasteiger partial charge >= 0.3 is 0 Å². The van der Waals surface area contributed by atoms with E-state index in [2.05, 4.69) is 4.98 Å². The summed E-state index contributed by atoms with van der Waals surface area (Å²) in [5, 5.41) is 11.6. The molecular weight excluding hydrogens is 378 g/mol. The fourth-order valence-electron chi connectivity index (χ4n) is 3.15. The van der Waals surface area contributed by atoms with Crippen molar-refractivity contribution in [1.29, 1.82) is 0 Å². The van der Waals surface area contributed by atoms with Crippen LogP contribution in [0.5, 0.6) is 5.75 Å². The Morgan fingerprint density at radius 2 is 2.11 bits per heavy atom. The second kappa shape index (κ2) is 7.55. The van der Waals surface area contributed by atoms with Crippen LogP contribution in [0, 0.1) is 16.0 Å². The molecule has 0 N–H and O–H groups in total. The van der Waals surface area contributed by atoms with Crippen molar-refractivity contribution in [3.8, 4) is 5.75 Å². The van der Waals surface area contributed by atoms with Gasteiger partial charge in [-0.1, -0.05) is 41.7 Å². The third kappa shape index (κ3) is 3.68. The number of thiazole rings is 1. The van der Waals surface area contributed by atoms with Crippen LogP contribution in [-0.4, -0.2) is 28.5 Å². The lowest BCUT2D eigenvalue weighted by molar-refractivity contribution is -0.497. The molecule has 4 rings (SSSR count). The van der Waals surface area contributed by atoms with Crippen LogP contribution in [-0.2, 0) is 11.3 Å². The number of benzene rings is 2. The van der Waals surface area contributed by atoms with Crippen LogP contribution in [0.25, 0.3) is 10.2 Å². The monoisotopic (exact) mass is 397 g/mol. The van der Waals surface area contributed by atoms with Gasteiger partial charge in [-0.2, -0.15) is 0 Å². The zero-order valence-corrected chi connectivity index (χ0v) is 16.1. The van der Waals surface area contributed by atoms with Crippen LogP contribution in [0.3, 0.4) is 0 Å². The molecule has 8 heteroatoms. The fraction of sp³-hybridized carbons (Fsp3) is 0.300. The third-order valence-electron chi connectivity index (χ3n) is 4.68. The number of ether oxygens (including phenoxy) is 1. The van der Waals surface area contributed by atoms with Gasteiger partial charge in [0, 0.05) is 11.3 Å². The number of aromatic nitrogens is 1. The second-order valence-electron chi connectivity index (χ2n) is 6.66. The van der Waals surface area contributed by atoms with Gasteiger partial charge in [0.2, 0.25) is 11.9 Å². The number of nitrogens with zero attached hydrogens (tertiary/aromatic N) is 3. The summed E-state index contributed by atoms with van der Waals surface area (Å²) in [5.74, 6) is -0.0684. The molecule has 1 heterocycles. The number of carbonyl (C=O) groups excluding carboxylic acids is 1. The first kappa shape index (κ1) is 18.4. The Hall–Kier alpha value is -3.00. The quantitative estimate of drug-likeness (QED) is 0.446. The number of hydrogen-bond donors (Lipinski definition) is 0. The van der Waals surface area contributed by atoms with Crippen LogP contribution < -0.4 is 9.64 Å². The van der Waals surface area contributed by atoms with Crippen LogP contribution >= 0.6 is 11.3 Å². The topological polar surface area (TPSA) is 85.6 Å². The molecule has 144 valence electrons. The summed E-state index contributed by atoms with van der Waals surface area (Å²) in [5.41, 5.74) is 1.72. The zero-order valence-electron chi connectivity index (χ0n) is 15.3. The minimum absolute atomic E-state index is 0.241. The van der Waals surface area contributed by atoms with Gasteiger partial charge in [-0.15, -0.1) is 0 Å². The fourth-order valence-corrected chi connectivity index (χ4v) is 4.15. The highest BCUT2D eigenvalue weighted by molar-refractivity contribution is 7.22. The van der Waals surface area contributed by atoms with E-state index in [1.54, 1.807) is 4.90 Å². The molecule has 7 nitrogen and oxygen atoms in total. The lowest BCUT2D eigenvalue weighted by Crippen LogP contribution is -2.33. The molecule has 28 heavy (non-hydrogen) atoms. The van der Waals surface area contributed by atoms with E-state index in [-0.39, 0.29) is 17.3 Å². The number of nitro groups is 1. The van der Waals surface area contributed by atoms with Gasteiger partial charge in [0.1, 0.15) is 11.7 Å². The predicted octanol–water partition coefficient (Wildman–Crippen LogP) is 3.89. The summed E-state index contributed by atoms with van der Waals surface area (Å²) < 4.78 is 6.45. The van der Waals surface area contributed by atoms with Crippen molar-refractivity contribution in [1.82, 2.24) is 4.98 Å². The maximum absolute atomic E-state index is 13.0. The summed E-state index contributed by atoms with van der Waals surface area (Å²) in [4.78, 5) is 29.9. The Morgan fingerprint density at radius 3 is 2.79 bits per heavy atom. The van der Waals surface area contributed by atoms with Gasteiger partial charge in [0.15, 0.2) is 5.13 Å². The highest BCUT2D eigenvalue weighted by atomic mass is 32.1. The van der Waals surface area contributed by atoms with Gasteiger partial charge in [-0.3, -0.25) is 19.8 Å². The van der Waals surface area contributed by atoms with E-state index in [1.807, 2.05) is 55.5 Å². The van der Waals surface area contributed by atoms with E-state index in [1.165, 1.54) is 11.3 Å². The molecule has 2 aromatic carbocycles. The molecule has 1 aliphatic carbocycles. The Balaban J connectivity index is 1.67. The maximum atomic E-state index is 13.0. The minimum atomic E-state index is -0.787. The lowest BCUT2D eigenvalue weighted by Gasteiger charge is -2.19. The van der Waals surface area contributed by atoms with Crippen molar-refractivity contribution in [2.24, 2.45) is 5.92 Å². The lowest BCUT2D eigenvalue weighted by atomic mass is 10.2. The summed E-state index contributed by atoms with van der Waals surface area (Å²) in [6, 6.07) is 14.4. The number of rotatable bonds is 7. The number of anilines is 1. The molecule has 0 aliphatic heterocycles. The molecule has 2 atom stereocenters. The molecule has 1 fully saturated rings. The number of fused-ring (bicyclic) bond motifs is 1. The van der Waals surface area contributed by atoms with Crippen molar-refractivity contribution in [2.75, 3.05) is 11.5 Å². The second-order valence-corrected chi connectivity index (χ2v) is 7.67. The van der Waals surface area contributed by atoms with E-state index < -0.39 is 12.0 Å². The molecule has 1 aliphatic rings. The Bertz CT molecular complexity index is 1020. The molecule has 0 bridgehead atoms. The van der Waals surface area contributed by atoms with Crippen LogP contribution in [0.1, 0.15) is 18.9 Å². The minimum Gasteiger partial charge on any atom is -0.494 e. The maximum Gasteiger partial charge on any atom is 0.239 e.